The first-order valence-electron chi connectivity index (χ1n) is 11.4. The third-order valence-corrected chi connectivity index (χ3v) is 7.18. The summed E-state index contributed by atoms with van der Waals surface area (Å²) in [6.07, 6.45) is 4.47. The lowest BCUT2D eigenvalue weighted by atomic mass is 9.99. The third kappa shape index (κ3) is 6.73. The van der Waals surface area contributed by atoms with Crippen LogP contribution in [0.25, 0.3) is 0 Å². The van der Waals surface area contributed by atoms with Gasteiger partial charge in [0.1, 0.15) is 0 Å². The first kappa shape index (κ1) is 24.1. The summed E-state index contributed by atoms with van der Waals surface area (Å²) in [4.78, 5) is 14.7. The van der Waals surface area contributed by atoms with Gasteiger partial charge in [-0.25, -0.2) is 8.42 Å². The van der Waals surface area contributed by atoms with Crippen LogP contribution in [-0.2, 0) is 21.4 Å². The van der Waals surface area contributed by atoms with Gasteiger partial charge in [-0.3, -0.25) is 9.10 Å². The van der Waals surface area contributed by atoms with Crippen molar-refractivity contribution in [3.8, 4) is 0 Å². The van der Waals surface area contributed by atoms with Crippen LogP contribution >= 0.6 is 0 Å². The number of aryl methyl sites for hydroxylation is 1. The zero-order valence-corrected chi connectivity index (χ0v) is 20.2. The van der Waals surface area contributed by atoms with Crippen LogP contribution in [0.5, 0.6) is 0 Å². The Morgan fingerprint density at radius 3 is 2.53 bits per heavy atom. The highest BCUT2D eigenvalue weighted by Crippen LogP contribution is 2.24. The minimum absolute atomic E-state index is 0.0721. The average Bonchev–Trinajstić information content (AvgIpc) is 2.75. The Labute approximate surface area is 192 Å². The molecule has 6 nitrogen and oxygen atoms in total. The first-order valence-corrected chi connectivity index (χ1v) is 13.2. The molecule has 1 fully saturated rings. The van der Waals surface area contributed by atoms with E-state index in [1.807, 2.05) is 25.1 Å². The van der Waals surface area contributed by atoms with Gasteiger partial charge in [-0.1, -0.05) is 37.3 Å². The number of benzene rings is 2. The van der Waals surface area contributed by atoms with E-state index in [1.165, 1.54) is 29.1 Å². The number of hydrogen-bond donors (Lipinski definition) is 1. The Hall–Kier alpha value is -2.54. The molecule has 1 aliphatic heterocycles. The summed E-state index contributed by atoms with van der Waals surface area (Å²) in [6, 6.07) is 15.8. The molecule has 3 rings (SSSR count). The van der Waals surface area contributed by atoms with Gasteiger partial charge in [0.25, 0.3) is 0 Å². The molecule has 1 aliphatic rings. The smallest absolute Gasteiger partial charge is 0.232 e. The van der Waals surface area contributed by atoms with Crippen LogP contribution in [0.15, 0.2) is 48.5 Å². The van der Waals surface area contributed by atoms with Gasteiger partial charge in [0.05, 0.1) is 11.9 Å². The minimum Gasteiger partial charge on any atom is -0.371 e. The molecule has 32 heavy (non-hydrogen) atoms. The van der Waals surface area contributed by atoms with Crippen LogP contribution in [0.2, 0.25) is 0 Å². The van der Waals surface area contributed by atoms with E-state index in [0.29, 0.717) is 18.7 Å². The highest BCUT2D eigenvalue weighted by atomic mass is 32.2. The number of carbonyl (C=O) groups is 1. The largest absolute Gasteiger partial charge is 0.371 e. The van der Waals surface area contributed by atoms with Crippen molar-refractivity contribution in [1.82, 2.24) is 5.32 Å². The fourth-order valence-electron chi connectivity index (χ4n) is 4.23. The maximum atomic E-state index is 12.3. The maximum absolute atomic E-state index is 12.3. The summed E-state index contributed by atoms with van der Waals surface area (Å²) >= 11 is 0. The number of nitrogens with zero attached hydrogens (tertiary/aromatic N) is 2. The lowest BCUT2D eigenvalue weighted by Crippen LogP contribution is -2.34. The molecule has 1 heterocycles. The van der Waals surface area contributed by atoms with Crippen molar-refractivity contribution < 1.29 is 13.2 Å². The molecule has 174 valence electrons. The second-order valence-electron chi connectivity index (χ2n) is 8.86. The Bertz CT molecular complexity index is 1010. The van der Waals surface area contributed by atoms with Gasteiger partial charge >= 0.3 is 0 Å². The van der Waals surface area contributed by atoms with Gasteiger partial charge in [-0.2, -0.15) is 0 Å². The van der Waals surface area contributed by atoms with Crippen LogP contribution in [0.4, 0.5) is 11.4 Å². The van der Waals surface area contributed by atoms with Gasteiger partial charge in [-0.05, 0) is 61.4 Å². The number of sulfonamides is 1. The van der Waals surface area contributed by atoms with Gasteiger partial charge in [-0.15, -0.1) is 0 Å². The number of para-hydroxylation sites is 1. The summed E-state index contributed by atoms with van der Waals surface area (Å²) < 4.78 is 25.9. The molecule has 0 aromatic heterocycles. The summed E-state index contributed by atoms with van der Waals surface area (Å²) in [7, 11) is -3.41. The predicted octanol–water partition coefficient (Wildman–Crippen LogP) is 4.09. The highest BCUT2D eigenvalue weighted by Gasteiger charge is 2.19. The fraction of sp³-hybridized carbons (Fsp3) is 0.480. The van der Waals surface area contributed by atoms with E-state index in [0.717, 1.165) is 30.1 Å². The van der Waals surface area contributed by atoms with Gasteiger partial charge in [0.15, 0.2) is 0 Å². The Kier molecular flexibility index (Phi) is 8.18. The zero-order valence-electron chi connectivity index (χ0n) is 19.4. The number of amides is 1. The van der Waals surface area contributed by atoms with Gasteiger partial charge < -0.3 is 10.2 Å². The van der Waals surface area contributed by atoms with E-state index in [1.54, 1.807) is 6.07 Å². The molecule has 1 amide bonds. The van der Waals surface area contributed by atoms with Crippen molar-refractivity contribution in [3.05, 3.63) is 59.7 Å². The predicted molar refractivity (Wildman–Crippen MR) is 132 cm³/mol. The second kappa shape index (κ2) is 10.9. The van der Waals surface area contributed by atoms with Crippen molar-refractivity contribution in [3.63, 3.8) is 0 Å². The van der Waals surface area contributed by atoms with Crippen molar-refractivity contribution in [2.24, 2.45) is 5.92 Å². The monoisotopic (exact) mass is 457 g/mol. The van der Waals surface area contributed by atoms with Crippen LogP contribution in [0.3, 0.4) is 0 Å². The second-order valence-corrected chi connectivity index (χ2v) is 10.8. The topological polar surface area (TPSA) is 69.7 Å². The molecule has 0 unspecified atom stereocenters. The molecule has 1 N–H and O–H groups in total. The zero-order chi connectivity index (χ0) is 23.1. The molecule has 0 spiro atoms. The molecule has 2 aromatic carbocycles. The molecule has 1 atom stereocenters. The maximum Gasteiger partial charge on any atom is 0.232 e. The van der Waals surface area contributed by atoms with Crippen LogP contribution in [-0.4, -0.2) is 40.2 Å². The molecular formula is C25H35N3O3S. The van der Waals surface area contributed by atoms with E-state index in [4.69, 9.17) is 0 Å². The number of rotatable bonds is 9. The highest BCUT2D eigenvalue weighted by molar-refractivity contribution is 7.92. The number of hydrogen-bond acceptors (Lipinski definition) is 4. The van der Waals surface area contributed by atoms with Gasteiger partial charge in [0, 0.05) is 38.3 Å². The molecule has 0 bridgehead atoms. The van der Waals surface area contributed by atoms with Crippen molar-refractivity contribution in [2.45, 2.75) is 46.1 Å². The number of anilines is 2. The Morgan fingerprint density at radius 1 is 1.16 bits per heavy atom. The van der Waals surface area contributed by atoms with E-state index in [9.17, 15) is 13.2 Å². The van der Waals surface area contributed by atoms with Gasteiger partial charge in [0.2, 0.25) is 15.9 Å². The Morgan fingerprint density at radius 2 is 1.88 bits per heavy atom. The lowest BCUT2D eigenvalue weighted by Gasteiger charge is -2.32. The quantitative estimate of drug-likeness (QED) is 0.616. The average molecular weight is 458 g/mol. The van der Waals surface area contributed by atoms with Crippen LogP contribution in [0, 0.1) is 12.8 Å². The molecule has 0 aliphatic carbocycles. The molecule has 2 aromatic rings. The molecule has 7 heteroatoms. The third-order valence-electron chi connectivity index (χ3n) is 6.00. The minimum atomic E-state index is -3.41. The van der Waals surface area contributed by atoms with Crippen molar-refractivity contribution in [1.29, 1.82) is 0 Å². The summed E-state index contributed by atoms with van der Waals surface area (Å²) in [5, 5.41) is 2.95. The van der Waals surface area contributed by atoms with Crippen molar-refractivity contribution >= 4 is 27.3 Å². The molecular weight excluding hydrogens is 422 g/mol. The first-order chi connectivity index (χ1) is 15.2. The van der Waals surface area contributed by atoms with E-state index in [2.05, 4.69) is 41.4 Å². The number of piperidine rings is 1. The fourth-order valence-corrected chi connectivity index (χ4v) is 5.25. The molecule has 0 radical (unpaired) electrons. The lowest BCUT2D eigenvalue weighted by molar-refractivity contribution is -0.121. The molecule has 1 saturated heterocycles. The standard InChI is InChI=1S/C25H35N3O3S/c1-20-8-6-16-27(19-20)23-14-12-22(13-15-23)18-26-25(29)11-7-17-28(32(3,30)31)24-10-5-4-9-21(24)2/h4-5,9-10,12-15,20H,6-8,11,16-19H2,1-3H3,(H,26,29)/t20-/m1/s1. The Balaban J connectivity index is 1.47. The molecule has 0 saturated carbocycles. The number of nitrogens with one attached hydrogen (secondary N) is 1. The summed E-state index contributed by atoms with van der Waals surface area (Å²) in [5.74, 6) is 0.657. The number of carbonyl (C=O) groups excluding carboxylic acids is 1. The van der Waals surface area contributed by atoms with Crippen LogP contribution in [0.1, 0.15) is 43.7 Å². The van der Waals surface area contributed by atoms with Crippen molar-refractivity contribution in [2.75, 3.05) is 35.1 Å². The SMILES string of the molecule is Cc1ccccc1N(CCCC(=O)NCc1ccc(N2CCC[C@@H](C)C2)cc1)S(C)(=O)=O. The van der Waals surface area contributed by atoms with E-state index < -0.39 is 10.0 Å². The van der Waals surface area contributed by atoms with E-state index in [-0.39, 0.29) is 18.9 Å². The summed E-state index contributed by atoms with van der Waals surface area (Å²) in [5.41, 5.74) is 3.86. The van der Waals surface area contributed by atoms with Crippen LogP contribution < -0.4 is 14.5 Å². The van der Waals surface area contributed by atoms with E-state index >= 15 is 0 Å². The summed E-state index contributed by atoms with van der Waals surface area (Å²) in [6.45, 7) is 7.14. The normalized spacial score (nSPS) is 16.6.